The van der Waals surface area contributed by atoms with E-state index in [2.05, 4.69) is 143 Å². The Morgan fingerprint density at radius 1 is 0.508 bits per heavy atom. The zero-order valence-electron chi connectivity index (χ0n) is 34.5. The molecule has 0 radical (unpaired) electrons. The molecule has 0 bridgehead atoms. The number of thiophene rings is 2. The van der Waals surface area contributed by atoms with Gasteiger partial charge in [0.1, 0.15) is 11.4 Å². The highest BCUT2D eigenvalue weighted by Gasteiger charge is 2.20. The highest BCUT2D eigenvalue weighted by Crippen LogP contribution is 2.40. The fourth-order valence-electron chi connectivity index (χ4n) is 9.01. The molecule has 2 unspecified atom stereocenters. The maximum absolute atomic E-state index is 14.2. The molecule has 0 saturated carbocycles. The lowest BCUT2D eigenvalue weighted by molar-refractivity contribution is 0.401. The average molecular weight is 833 g/mol. The van der Waals surface area contributed by atoms with Crippen molar-refractivity contribution >= 4 is 78.0 Å². The molecule has 0 amide bonds. The molecule has 0 saturated heterocycles. The van der Waals surface area contributed by atoms with Crippen LogP contribution in [-0.2, 0) is 13.1 Å². The first-order chi connectivity index (χ1) is 29.0. The van der Waals surface area contributed by atoms with E-state index < -0.39 is 0 Å². The Labute approximate surface area is 359 Å². The maximum Gasteiger partial charge on any atom is 0.234 e. The highest BCUT2D eigenvalue weighted by atomic mass is 32.1. The largest absolute Gasteiger partial charge is 0.340 e. The first kappa shape index (κ1) is 39.6. The van der Waals surface area contributed by atoms with Crippen LogP contribution in [-0.4, -0.2) is 17.9 Å². The summed E-state index contributed by atoms with van der Waals surface area (Å²) in [4.78, 5) is 18.1. The molecule has 0 fully saturated rings. The van der Waals surface area contributed by atoms with Crippen molar-refractivity contribution in [2.45, 2.75) is 92.2 Å². The van der Waals surface area contributed by atoms with E-state index in [4.69, 9.17) is 0 Å². The Morgan fingerprint density at radius 3 is 1.37 bits per heavy atom. The molecule has 2 atom stereocenters. The summed E-state index contributed by atoms with van der Waals surface area (Å²) in [6.07, 6.45) is 9.92. The van der Waals surface area contributed by atoms with Gasteiger partial charge >= 0.3 is 0 Å². The van der Waals surface area contributed by atoms with Gasteiger partial charge in [-0.15, -0.1) is 22.7 Å². The molecular weight excluding hydrogens is 781 g/mol. The van der Waals surface area contributed by atoms with Gasteiger partial charge in [-0.1, -0.05) is 115 Å². The third-order valence-electron chi connectivity index (χ3n) is 12.5. The number of nitrogens with zero attached hydrogens (tertiary/aromatic N) is 4. The smallest absolute Gasteiger partial charge is 0.234 e. The summed E-state index contributed by atoms with van der Waals surface area (Å²) in [7, 11) is 0. The predicted octanol–water partition coefficient (Wildman–Crippen LogP) is 15.3. The summed E-state index contributed by atoms with van der Waals surface area (Å²) in [5.41, 5.74) is 8.32. The van der Waals surface area contributed by atoms with E-state index in [9.17, 15) is 4.79 Å². The van der Waals surface area contributed by atoms with Crippen LogP contribution in [0.25, 0.3) is 85.6 Å². The van der Waals surface area contributed by atoms with Gasteiger partial charge in [0.2, 0.25) is 5.43 Å². The molecule has 5 nitrogen and oxygen atoms in total. The summed E-state index contributed by atoms with van der Waals surface area (Å²) >= 11 is 4.37. The van der Waals surface area contributed by atoms with Crippen LogP contribution in [0.3, 0.4) is 0 Å². The normalized spacial score (nSPS) is 13.0. The van der Waals surface area contributed by atoms with Crippen LogP contribution in [0.4, 0.5) is 0 Å². The minimum atomic E-state index is -0.121. The molecule has 5 heterocycles. The van der Waals surface area contributed by atoms with Gasteiger partial charge in [-0.25, -0.2) is 0 Å². The fraction of sp³-hybridized carbons (Fsp3) is 0.314. The molecule has 0 aliphatic heterocycles. The van der Waals surface area contributed by atoms with Crippen molar-refractivity contribution < 1.29 is 0 Å². The number of hydrogen-bond donors (Lipinski definition) is 0. The monoisotopic (exact) mass is 832 g/mol. The van der Waals surface area contributed by atoms with E-state index in [1.54, 1.807) is 22.7 Å². The minimum absolute atomic E-state index is 0.121. The Balaban J connectivity index is 1.00. The van der Waals surface area contributed by atoms with E-state index in [0.717, 1.165) is 55.5 Å². The van der Waals surface area contributed by atoms with E-state index in [1.807, 2.05) is 12.1 Å². The lowest BCUT2D eigenvalue weighted by atomic mass is 9.99. The molecule has 5 aromatic heterocycles. The molecule has 59 heavy (non-hydrogen) atoms. The summed E-state index contributed by atoms with van der Waals surface area (Å²) in [6, 6.07) is 39.7. The SMILES string of the molecule is CCCCC(CC)Cn1c2ccccc2c2cc(-c3ccc(-c4nsnc(-c5ccc(-c6ccc7c(c6)c6ccccc6n7CC(CC)CCCC)s5)c4=O)s3)ccc21. The average Bonchev–Trinajstić information content (AvgIpc) is 4.09. The molecule has 0 spiro atoms. The second-order valence-electron chi connectivity index (χ2n) is 16.2. The number of unbranched alkanes of at least 4 members (excludes halogenated alkanes) is 2. The van der Waals surface area contributed by atoms with Crippen molar-refractivity contribution in [3.8, 4) is 42.0 Å². The first-order valence-corrected chi connectivity index (χ1v) is 24.0. The van der Waals surface area contributed by atoms with Crippen LogP contribution in [0.2, 0.25) is 0 Å². The lowest BCUT2D eigenvalue weighted by Crippen LogP contribution is -2.10. The van der Waals surface area contributed by atoms with E-state index in [1.165, 1.54) is 95.0 Å². The molecule has 9 rings (SSSR count). The zero-order valence-corrected chi connectivity index (χ0v) is 37.0. The van der Waals surface area contributed by atoms with Crippen LogP contribution in [0.15, 0.2) is 114 Å². The van der Waals surface area contributed by atoms with Crippen molar-refractivity contribution in [2.75, 3.05) is 0 Å². The number of rotatable bonds is 16. The topological polar surface area (TPSA) is 52.7 Å². The van der Waals surface area contributed by atoms with Gasteiger partial charge in [0, 0.05) is 66.5 Å². The highest BCUT2D eigenvalue weighted by molar-refractivity contribution is 7.19. The molecule has 0 aliphatic rings. The minimum Gasteiger partial charge on any atom is -0.340 e. The van der Waals surface area contributed by atoms with Gasteiger partial charge in [-0.05, 0) is 96.5 Å². The van der Waals surface area contributed by atoms with Crippen molar-refractivity contribution in [1.82, 2.24) is 17.9 Å². The number of benzene rings is 4. The number of fused-ring (bicyclic) bond motifs is 6. The van der Waals surface area contributed by atoms with Gasteiger partial charge in [-0.2, -0.15) is 8.75 Å². The molecule has 8 heteroatoms. The van der Waals surface area contributed by atoms with Crippen LogP contribution in [0, 0.1) is 11.8 Å². The van der Waals surface area contributed by atoms with E-state index >= 15 is 0 Å². The van der Waals surface area contributed by atoms with Gasteiger partial charge in [0.15, 0.2) is 0 Å². The molecular formula is C51H52N4OS3. The second-order valence-corrected chi connectivity index (χ2v) is 18.9. The van der Waals surface area contributed by atoms with Gasteiger partial charge in [0.25, 0.3) is 0 Å². The lowest BCUT2D eigenvalue weighted by Gasteiger charge is -2.17. The Kier molecular flexibility index (Phi) is 11.7. The first-order valence-electron chi connectivity index (χ1n) is 21.6. The zero-order chi connectivity index (χ0) is 40.5. The van der Waals surface area contributed by atoms with E-state index in [-0.39, 0.29) is 5.43 Å². The standard InChI is InChI=1S/C51H52N4OS3/c1-5-9-15-33(7-3)31-54-41-19-13-11-17-37(41)39-29-35(21-23-43(39)54)45-25-27-47(57-45)49-51(56)50(53-59-52-49)48-28-26-46(58-48)36-22-24-44-40(30-36)38-18-12-14-20-42(38)55(44)32-34(8-4)16-10-6-2/h11-14,17-30,33-34H,5-10,15-16,31-32H2,1-4H3. The van der Waals surface area contributed by atoms with E-state index in [0.29, 0.717) is 23.2 Å². The van der Waals surface area contributed by atoms with Gasteiger partial charge < -0.3 is 9.13 Å². The third kappa shape index (κ3) is 7.60. The molecule has 9 aromatic rings. The maximum atomic E-state index is 14.2. The van der Waals surface area contributed by atoms with Crippen LogP contribution < -0.4 is 5.43 Å². The van der Waals surface area contributed by atoms with Crippen molar-refractivity contribution in [3.05, 3.63) is 119 Å². The number of para-hydroxylation sites is 2. The predicted molar refractivity (Wildman–Crippen MR) is 256 cm³/mol. The van der Waals surface area contributed by atoms with Crippen molar-refractivity contribution in [1.29, 1.82) is 0 Å². The molecule has 4 aromatic carbocycles. The molecule has 0 aliphatic carbocycles. The molecule has 0 N–H and O–H groups in total. The Hall–Kier alpha value is -4.89. The quantitative estimate of drug-likeness (QED) is 0.0974. The van der Waals surface area contributed by atoms with Crippen LogP contribution >= 0.6 is 34.4 Å². The summed E-state index contributed by atoms with van der Waals surface area (Å²) in [5.74, 6) is 1.33. The van der Waals surface area contributed by atoms with Gasteiger partial charge in [0.05, 0.1) is 21.5 Å². The Morgan fingerprint density at radius 2 is 0.932 bits per heavy atom. The number of aromatic nitrogens is 4. The van der Waals surface area contributed by atoms with Gasteiger partial charge in [-0.3, -0.25) is 4.79 Å². The molecule has 300 valence electrons. The second kappa shape index (κ2) is 17.4. The van der Waals surface area contributed by atoms with Crippen molar-refractivity contribution in [3.63, 3.8) is 0 Å². The van der Waals surface area contributed by atoms with Crippen molar-refractivity contribution in [2.24, 2.45) is 11.8 Å². The van der Waals surface area contributed by atoms with Crippen LogP contribution in [0.1, 0.15) is 79.1 Å². The summed E-state index contributed by atoms with van der Waals surface area (Å²) in [5, 5.41) is 5.14. The third-order valence-corrected chi connectivity index (χ3v) is 15.3. The summed E-state index contributed by atoms with van der Waals surface area (Å²) < 4.78 is 14.3. The number of hydrogen-bond acceptors (Lipinski definition) is 6. The van der Waals surface area contributed by atoms with Crippen LogP contribution in [0.5, 0.6) is 0 Å². The summed E-state index contributed by atoms with van der Waals surface area (Å²) in [6.45, 7) is 11.3. The fourth-order valence-corrected chi connectivity index (χ4v) is 11.7. The Bertz CT molecular complexity index is 2770.